The van der Waals surface area contributed by atoms with E-state index in [0.717, 1.165) is 30.5 Å². The lowest BCUT2D eigenvalue weighted by molar-refractivity contribution is 0.0922. The quantitative estimate of drug-likeness (QED) is 0.224. The van der Waals surface area contributed by atoms with Gasteiger partial charge in [-0.05, 0) is 31.0 Å². The molecule has 1 aliphatic heterocycles. The molecule has 2 aromatic carbocycles. The first kappa shape index (κ1) is 24.1. The topological polar surface area (TPSA) is 68.5 Å². The lowest BCUT2D eigenvalue weighted by atomic mass is 10.00. The van der Waals surface area contributed by atoms with Crippen molar-refractivity contribution < 1.29 is 22.7 Å². The Morgan fingerprint density at radius 2 is 1.92 bits per heavy atom. The number of nitrogens with zero attached hydrogens (tertiary/aromatic N) is 3. The Balaban J connectivity index is 1.49. The van der Waals surface area contributed by atoms with Gasteiger partial charge in [0.15, 0.2) is 11.5 Å². The Labute approximate surface area is 219 Å². The van der Waals surface area contributed by atoms with Gasteiger partial charge in [-0.15, -0.1) is 0 Å². The molecule has 2 atom stereocenters. The summed E-state index contributed by atoms with van der Waals surface area (Å²) in [6.45, 7) is 0.449. The van der Waals surface area contributed by atoms with E-state index in [1.54, 1.807) is 0 Å². The smallest absolute Gasteiger partial charge is 0.255 e. The standard InChI is InChI=1S/C26H19Cl2F3N4O2/c27-15-7-8-16(29)19(21(15)30)20-22(24(28)31)34-35-23(12-5-6-12)14(11-32-25(20)35)26(36)33-17-9-10-37-18-4-2-1-3-13(17)18/h1-4,7-8,11-12,17,24H,5-6,9-10H2,(H,33,36)/t17-,24?/m0/s1. The molecule has 1 fully saturated rings. The minimum absolute atomic E-state index is 0.0202. The van der Waals surface area contributed by atoms with Crippen molar-refractivity contribution >= 4 is 34.8 Å². The average Bonchev–Trinajstić information content (AvgIpc) is 3.66. The highest BCUT2D eigenvalue weighted by Crippen LogP contribution is 2.45. The third-order valence-electron chi connectivity index (χ3n) is 6.68. The van der Waals surface area contributed by atoms with Crippen LogP contribution < -0.4 is 10.1 Å². The van der Waals surface area contributed by atoms with Crippen LogP contribution in [0.1, 0.15) is 64.2 Å². The third kappa shape index (κ3) is 4.10. The van der Waals surface area contributed by atoms with Gasteiger partial charge in [0, 0.05) is 24.1 Å². The number of benzene rings is 2. The molecule has 2 aromatic heterocycles. The number of nitrogens with one attached hydrogen (secondary N) is 1. The molecule has 11 heteroatoms. The lowest BCUT2D eigenvalue weighted by Gasteiger charge is -2.27. The van der Waals surface area contributed by atoms with E-state index in [-0.39, 0.29) is 39.7 Å². The minimum atomic E-state index is -2.18. The van der Waals surface area contributed by atoms with Gasteiger partial charge in [0.05, 0.1) is 40.1 Å². The average molecular weight is 547 g/mol. The number of amides is 1. The number of alkyl halides is 2. The van der Waals surface area contributed by atoms with Crippen molar-refractivity contribution in [1.82, 2.24) is 19.9 Å². The predicted molar refractivity (Wildman–Crippen MR) is 132 cm³/mol. The van der Waals surface area contributed by atoms with Crippen molar-refractivity contribution in [2.45, 2.75) is 36.9 Å². The first-order chi connectivity index (χ1) is 17.8. The van der Waals surface area contributed by atoms with E-state index in [1.807, 2.05) is 24.3 Å². The van der Waals surface area contributed by atoms with Gasteiger partial charge in [-0.25, -0.2) is 22.7 Å². The highest BCUT2D eigenvalue weighted by molar-refractivity contribution is 6.31. The number of fused-ring (bicyclic) bond motifs is 2. The van der Waals surface area contributed by atoms with Crippen molar-refractivity contribution in [3.8, 4) is 16.9 Å². The first-order valence-corrected chi connectivity index (χ1v) is 12.5. The van der Waals surface area contributed by atoms with E-state index >= 15 is 0 Å². The molecule has 3 heterocycles. The minimum Gasteiger partial charge on any atom is -0.493 e. The van der Waals surface area contributed by atoms with E-state index in [2.05, 4.69) is 15.4 Å². The van der Waals surface area contributed by atoms with E-state index < -0.39 is 28.5 Å². The first-order valence-electron chi connectivity index (χ1n) is 11.7. The third-order valence-corrected chi connectivity index (χ3v) is 7.18. The molecular formula is C26H19Cl2F3N4O2. The molecule has 1 saturated carbocycles. The number of hydrogen-bond acceptors (Lipinski definition) is 4. The highest BCUT2D eigenvalue weighted by atomic mass is 35.5. The number of ether oxygens (including phenoxy) is 1. The van der Waals surface area contributed by atoms with Crippen molar-refractivity contribution in [2.24, 2.45) is 0 Å². The fourth-order valence-corrected chi connectivity index (χ4v) is 5.13. The zero-order valence-electron chi connectivity index (χ0n) is 19.1. The van der Waals surface area contributed by atoms with Crippen molar-refractivity contribution in [3.05, 3.63) is 81.8 Å². The summed E-state index contributed by atoms with van der Waals surface area (Å²) < 4.78 is 51.3. The number of hydrogen-bond donors (Lipinski definition) is 1. The summed E-state index contributed by atoms with van der Waals surface area (Å²) in [4.78, 5) is 17.8. The van der Waals surface area contributed by atoms with Crippen LogP contribution in [-0.4, -0.2) is 27.1 Å². The number of halogens is 5. The summed E-state index contributed by atoms with van der Waals surface area (Å²) in [6.07, 6.45) is 3.45. The lowest BCUT2D eigenvalue weighted by Crippen LogP contribution is -2.33. The van der Waals surface area contributed by atoms with Crippen molar-refractivity contribution in [2.75, 3.05) is 6.61 Å². The molecule has 1 unspecified atom stereocenters. The fraction of sp³-hybridized carbons (Fsp3) is 0.269. The van der Waals surface area contributed by atoms with Crippen LogP contribution >= 0.6 is 23.2 Å². The van der Waals surface area contributed by atoms with Gasteiger partial charge in [0.1, 0.15) is 17.3 Å². The molecule has 37 heavy (non-hydrogen) atoms. The normalized spacial score (nSPS) is 17.8. The Hall–Kier alpha value is -3.30. The number of aromatic nitrogens is 3. The van der Waals surface area contributed by atoms with Gasteiger partial charge in [0.2, 0.25) is 5.63 Å². The maximum absolute atomic E-state index is 15.0. The van der Waals surface area contributed by atoms with Gasteiger partial charge >= 0.3 is 0 Å². The number of carbonyl (C=O) groups is 1. The predicted octanol–water partition coefficient (Wildman–Crippen LogP) is 6.67. The summed E-state index contributed by atoms with van der Waals surface area (Å²) in [5, 5.41) is 6.96. The molecule has 2 aliphatic rings. The molecule has 1 amide bonds. The Morgan fingerprint density at radius 1 is 1.14 bits per heavy atom. The van der Waals surface area contributed by atoms with E-state index in [9.17, 15) is 18.0 Å². The van der Waals surface area contributed by atoms with Crippen LogP contribution in [0.2, 0.25) is 5.02 Å². The maximum atomic E-state index is 15.0. The SMILES string of the molecule is O=C(N[C@H]1CCOc2ccccc21)c1cnc2c(-c3c(F)ccc(Cl)c3F)c(C(F)Cl)nn2c1C1CC1. The van der Waals surface area contributed by atoms with Gasteiger partial charge in [0.25, 0.3) is 5.91 Å². The zero-order valence-corrected chi connectivity index (χ0v) is 20.7. The number of carbonyl (C=O) groups excluding carboxylic acids is 1. The van der Waals surface area contributed by atoms with Crippen LogP contribution in [0.5, 0.6) is 5.75 Å². The monoisotopic (exact) mass is 546 g/mol. The molecule has 4 aromatic rings. The molecule has 0 radical (unpaired) electrons. The summed E-state index contributed by atoms with van der Waals surface area (Å²) >= 11 is 11.7. The largest absolute Gasteiger partial charge is 0.493 e. The molecular weight excluding hydrogens is 528 g/mol. The summed E-state index contributed by atoms with van der Waals surface area (Å²) in [5.74, 6) is -1.79. The highest BCUT2D eigenvalue weighted by Gasteiger charge is 2.36. The van der Waals surface area contributed by atoms with Gasteiger partial charge in [-0.1, -0.05) is 41.4 Å². The molecule has 1 aliphatic carbocycles. The second kappa shape index (κ2) is 9.22. The van der Waals surface area contributed by atoms with Crippen molar-refractivity contribution in [1.29, 1.82) is 0 Å². The summed E-state index contributed by atoms with van der Waals surface area (Å²) in [7, 11) is 0. The summed E-state index contributed by atoms with van der Waals surface area (Å²) in [5.41, 5.74) is -1.84. The summed E-state index contributed by atoms with van der Waals surface area (Å²) in [6, 6.07) is 9.23. The Bertz CT molecular complexity index is 1550. The maximum Gasteiger partial charge on any atom is 0.255 e. The van der Waals surface area contributed by atoms with E-state index in [0.29, 0.717) is 24.5 Å². The van der Waals surface area contributed by atoms with Crippen LogP contribution in [0.3, 0.4) is 0 Å². The molecule has 1 N–H and O–H groups in total. The van der Waals surface area contributed by atoms with Gasteiger partial charge in [-0.2, -0.15) is 5.10 Å². The number of rotatable bonds is 5. The molecule has 0 saturated heterocycles. The van der Waals surface area contributed by atoms with Crippen LogP contribution in [-0.2, 0) is 0 Å². The second-order valence-electron chi connectivity index (χ2n) is 9.05. The molecule has 0 bridgehead atoms. The van der Waals surface area contributed by atoms with Crippen LogP contribution in [0.15, 0.2) is 42.6 Å². The number of para-hydroxylation sites is 1. The van der Waals surface area contributed by atoms with Crippen LogP contribution in [0, 0.1) is 11.6 Å². The van der Waals surface area contributed by atoms with Crippen molar-refractivity contribution in [3.63, 3.8) is 0 Å². The van der Waals surface area contributed by atoms with Crippen LogP contribution in [0.25, 0.3) is 16.8 Å². The van der Waals surface area contributed by atoms with Gasteiger partial charge in [-0.3, -0.25) is 4.79 Å². The van der Waals surface area contributed by atoms with E-state index in [4.69, 9.17) is 27.9 Å². The van der Waals surface area contributed by atoms with Crippen LogP contribution in [0.4, 0.5) is 13.2 Å². The Kier molecular flexibility index (Phi) is 6.00. The molecule has 0 spiro atoms. The fourth-order valence-electron chi connectivity index (χ4n) is 4.82. The van der Waals surface area contributed by atoms with Gasteiger partial charge < -0.3 is 10.1 Å². The molecule has 6 nitrogen and oxygen atoms in total. The Morgan fingerprint density at radius 3 is 2.68 bits per heavy atom. The molecule has 190 valence electrons. The zero-order chi connectivity index (χ0) is 25.8. The molecule has 6 rings (SSSR count). The second-order valence-corrected chi connectivity index (χ2v) is 9.84. The van der Waals surface area contributed by atoms with E-state index in [1.165, 1.54) is 10.7 Å².